The largest absolute Gasteiger partial charge is 0.461 e. The SMILES string of the molecule is Cc1ccc(C(=O)c2cc(C)cn2Cc2ccc(Cl)c(/C=C/CCO[C@@H](Cc3ccccc3)C(=O)OC(C)C)c2)cc1. The maximum absolute atomic E-state index is 13.3. The van der Waals surface area contributed by atoms with Crippen molar-refractivity contribution in [3.63, 3.8) is 0 Å². The molecule has 4 rings (SSSR count). The topological polar surface area (TPSA) is 57.5 Å². The van der Waals surface area contributed by atoms with E-state index in [-0.39, 0.29) is 17.9 Å². The third kappa shape index (κ3) is 8.78. The normalized spacial score (nSPS) is 12.1. The Morgan fingerprint density at radius 1 is 0.905 bits per heavy atom. The fourth-order valence-corrected chi connectivity index (χ4v) is 4.86. The summed E-state index contributed by atoms with van der Waals surface area (Å²) in [6, 6.07) is 25.3. The Balaban J connectivity index is 1.40. The average Bonchev–Trinajstić information content (AvgIpc) is 3.33. The fourth-order valence-electron chi connectivity index (χ4n) is 4.68. The summed E-state index contributed by atoms with van der Waals surface area (Å²) in [5.74, 6) is -0.353. The van der Waals surface area contributed by atoms with E-state index in [9.17, 15) is 9.59 Å². The molecule has 0 aliphatic carbocycles. The molecule has 1 atom stereocenters. The molecule has 6 heteroatoms. The number of carbonyl (C=O) groups excluding carboxylic acids is 2. The van der Waals surface area contributed by atoms with Crippen molar-refractivity contribution in [2.75, 3.05) is 6.61 Å². The highest BCUT2D eigenvalue weighted by Crippen LogP contribution is 2.22. The van der Waals surface area contributed by atoms with Gasteiger partial charge in [0.1, 0.15) is 0 Å². The van der Waals surface area contributed by atoms with E-state index < -0.39 is 6.10 Å². The Morgan fingerprint density at radius 2 is 1.64 bits per heavy atom. The minimum Gasteiger partial charge on any atom is -0.461 e. The van der Waals surface area contributed by atoms with E-state index in [1.54, 1.807) is 0 Å². The zero-order valence-corrected chi connectivity index (χ0v) is 25.4. The first-order valence-electron chi connectivity index (χ1n) is 14.3. The molecular formula is C36H38ClNO4. The van der Waals surface area contributed by atoms with Gasteiger partial charge in [-0.3, -0.25) is 4.79 Å². The maximum Gasteiger partial charge on any atom is 0.335 e. The second kappa shape index (κ2) is 14.8. The van der Waals surface area contributed by atoms with E-state index in [1.807, 2.05) is 129 Å². The number of nitrogens with zero attached hydrogens (tertiary/aromatic N) is 1. The highest BCUT2D eigenvalue weighted by Gasteiger charge is 2.22. The molecule has 0 amide bonds. The predicted octanol–water partition coefficient (Wildman–Crippen LogP) is 8.02. The van der Waals surface area contributed by atoms with Gasteiger partial charge in [-0.1, -0.05) is 90.0 Å². The van der Waals surface area contributed by atoms with E-state index in [1.165, 1.54) is 0 Å². The number of esters is 1. The molecular weight excluding hydrogens is 546 g/mol. The van der Waals surface area contributed by atoms with Crippen LogP contribution in [0, 0.1) is 13.8 Å². The second-order valence-corrected chi connectivity index (χ2v) is 11.2. The molecule has 0 saturated carbocycles. The number of aromatic nitrogens is 1. The summed E-state index contributed by atoms with van der Waals surface area (Å²) in [7, 11) is 0. The summed E-state index contributed by atoms with van der Waals surface area (Å²) < 4.78 is 13.4. The summed E-state index contributed by atoms with van der Waals surface area (Å²) in [5, 5.41) is 0.637. The van der Waals surface area contributed by atoms with E-state index in [4.69, 9.17) is 21.1 Å². The van der Waals surface area contributed by atoms with Gasteiger partial charge in [-0.05, 0) is 74.6 Å². The van der Waals surface area contributed by atoms with E-state index in [0.717, 1.165) is 27.8 Å². The first kappa shape index (κ1) is 31.0. The van der Waals surface area contributed by atoms with Crippen LogP contribution in [0.4, 0.5) is 0 Å². The molecule has 0 bridgehead atoms. The van der Waals surface area contributed by atoms with E-state index in [0.29, 0.717) is 42.3 Å². The molecule has 42 heavy (non-hydrogen) atoms. The van der Waals surface area contributed by atoms with Crippen LogP contribution in [0.15, 0.2) is 91.1 Å². The van der Waals surface area contributed by atoms with Gasteiger partial charge in [0.05, 0.1) is 18.4 Å². The van der Waals surface area contributed by atoms with Crippen LogP contribution in [0.1, 0.15) is 64.1 Å². The summed E-state index contributed by atoms with van der Waals surface area (Å²) in [4.78, 5) is 25.9. The zero-order chi connectivity index (χ0) is 30.1. The molecule has 0 N–H and O–H groups in total. The van der Waals surface area contributed by atoms with Crippen molar-refractivity contribution in [2.24, 2.45) is 0 Å². The lowest BCUT2D eigenvalue weighted by Gasteiger charge is -2.18. The summed E-state index contributed by atoms with van der Waals surface area (Å²) in [5.41, 5.74) is 6.40. The lowest BCUT2D eigenvalue weighted by atomic mass is 10.1. The van der Waals surface area contributed by atoms with Crippen LogP contribution in [0.2, 0.25) is 5.02 Å². The Morgan fingerprint density at radius 3 is 2.36 bits per heavy atom. The van der Waals surface area contributed by atoms with E-state index >= 15 is 0 Å². The van der Waals surface area contributed by atoms with Gasteiger partial charge in [-0.2, -0.15) is 0 Å². The van der Waals surface area contributed by atoms with Crippen molar-refractivity contribution in [3.8, 4) is 0 Å². The van der Waals surface area contributed by atoms with Crippen LogP contribution in [0.3, 0.4) is 0 Å². The monoisotopic (exact) mass is 583 g/mol. The molecule has 218 valence electrons. The maximum atomic E-state index is 13.3. The Kier molecular flexibility index (Phi) is 10.9. The number of hydrogen-bond acceptors (Lipinski definition) is 4. The molecule has 0 saturated heterocycles. The van der Waals surface area contributed by atoms with Crippen LogP contribution in [-0.2, 0) is 27.2 Å². The lowest BCUT2D eigenvalue weighted by molar-refractivity contribution is -0.161. The van der Waals surface area contributed by atoms with Gasteiger partial charge >= 0.3 is 5.97 Å². The highest BCUT2D eigenvalue weighted by atomic mass is 35.5. The van der Waals surface area contributed by atoms with Crippen molar-refractivity contribution in [3.05, 3.63) is 135 Å². The van der Waals surface area contributed by atoms with Gasteiger partial charge in [0.25, 0.3) is 0 Å². The first-order valence-corrected chi connectivity index (χ1v) is 14.7. The fraction of sp³-hybridized carbons (Fsp3) is 0.278. The van der Waals surface area contributed by atoms with Gasteiger partial charge < -0.3 is 14.0 Å². The standard InChI is InChI=1S/C36H38ClNO4/c1-25(2)42-36(40)34(22-28-10-6-5-7-11-28)41-19-9-8-12-31-21-29(15-18-32(31)37)24-38-23-27(4)20-33(38)35(39)30-16-13-26(3)14-17-30/h5-8,10-18,20-21,23,25,34H,9,19,22,24H2,1-4H3/b12-8+/t34-/m0/s1. The van der Waals surface area contributed by atoms with Crippen LogP contribution in [0.5, 0.6) is 0 Å². The molecule has 1 heterocycles. The number of rotatable bonds is 13. The van der Waals surface area contributed by atoms with Gasteiger partial charge in [0.15, 0.2) is 6.10 Å². The number of ketones is 1. The van der Waals surface area contributed by atoms with Crippen molar-refractivity contribution in [1.82, 2.24) is 4.57 Å². The Bertz CT molecular complexity index is 1520. The molecule has 0 aliphatic heterocycles. The van der Waals surface area contributed by atoms with Crippen LogP contribution < -0.4 is 0 Å². The molecule has 4 aromatic rings. The quantitative estimate of drug-likeness (QED) is 0.0908. The number of halogens is 1. The van der Waals surface area contributed by atoms with E-state index in [2.05, 4.69) is 0 Å². The number of benzene rings is 3. The number of hydrogen-bond donors (Lipinski definition) is 0. The van der Waals surface area contributed by atoms with Crippen molar-refractivity contribution in [1.29, 1.82) is 0 Å². The number of aryl methyl sites for hydroxylation is 2. The second-order valence-electron chi connectivity index (χ2n) is 10.8. The predicted molar refractivity (Wildman–Crippen MR) is 169 cm³/mol. The smallest absolute Gasteiger partial charge is 0.335 e. The molecule has 0 fully saturated rings. The minimum absolute atomic E-state index is 0.0000251. The molecule has 1 aromatic heterocycles. The highest BCUT2D eigenvalue weighted by molar-refractivity contribution is 6.32. The van der Waals surface area contributed by atoms with Gasteiger partial charge in [0, 0.05) is 29.7 Å². The molecule has 5 nitrogen and oxygen atoms in total. The third-order valence-electron chi connectivity index (χ3n) is 6.77. The summed E-state index contributed by atoms with van der Waals surface area (Å²) in [6.45, 7) is 8.57. The van der Waals surface area contributed by atoms with Gasteiger partial charge in [0.2, 0.25) is 5.78 Å². The van der Waals surface area contributed by atoms with Crippen molar-refractivity contribution < 1.29 is 19.1 Å². The lowest BCUT2D eigenvalue weighted by Crippen LogP contribution is -2.31. The average molecular weight is 584 g/mol. The van der Waals surface area contributed by atoms with Crippen LogP contribution in [0.25, 0.3) is 6.08 Å². The van der Waals surface area contributed by atoms with Crippen LogP contribution >= 0.6 is 11.6 Å². The van der Waals surface area contributed by atoms with Gasteiger partial charge in [-0.15, -0.1) is 0 Å². The van der Waals surface area contributed by atoms with Gasteiger partial charge in [-0.25, -0.2) is 4.79 Å². The Hall–Kier alpha value is -3.93. The number of ether oxygens (including phenoxy) is 2. The van der Waals surface area contributed by atoms with Crippen LogP contribution in [-0.4, -0.2) is 35.1 Å². The minimum atomic E-state index is -0.669. The molecule has 0 radical (unpaired) electrons. The van der Waals surface area contributed by atoms with Crippen molar-refractivity contribution >= 4 is 29.4 Å². The zero-order valence-electron chi connectivity index (χ0n) is 24.7. The molecule has 0 spiro atoms. The summed E-state index contributed by atoms with van der Waals surface area (Å²) >= 11 is 6.52. The molecule has 0 unspecified atom stereocenters. The summed E-state index contributed by atoms with van der Waals surface area (Å²) in [6.07, 6.45) is 6.14. The molecule has 3 aromatic carbocycles. The first-order chi connectivity index (χ1) is 20.2. The third-order valence-corrected chi connectivity index (χ3v) is 7.12. The van der Waals surface area contributed by atoms with Crippen molar-refractivity contribution in [2.45, 2.75) is 59.3 Å². The molecule has 0 aliphatic rings. The Labute approximate surface area is 253 Å². The number of carbonyl (C=O) groups is 2.